The lowest BCUT2D eigenvalue weighted by atomic mass is 10.2. The van der Waals surface area contributed by atoms with Gasteiger partial charge in [0.15, 0.2) is 9.84 Å². The Morgan fingerprint density at radius 2 is 1.74 bits per heavy atom. The molecule has 1 aliphatic rings. The molecule has 1 aliphatic heterocycles. The standard InChI is InChI=1S/C14H19NO3S/c16-14(15-9-4-5-10-15)8-11-19(17,18)12-13-6-2-1-3-7-13/h1-3,6-7H,4-5,8-12H2. The largest absolute Gasteiger partial charge is 0.343 e. The maximum absolute atomic E-state index is 11.9. The zero-order chi connectivity index (χ0) is 13.7. The van der Waals surface area contributed by atoms with Crippen molar-refractivity contribution in [2.45, 2.75) is 25.0 Å². The predicted molar refractivity (Wildman–Crippen MR) is 74.4 cm³/mol. The molecule has 1 heterocycles. The van der Waals surface area contributed by atoms with Gasteiger partial charge in [-0.3, -0.25) is 4.79 Å². The Kier molecular flexibility index (Phi) is 4.58. The molecule has 0 unspecified atom stereocenters. The molecule has 1 amide bonds. The maximum atomic E-state index is 11.9. The van der Waals surface area contributed by atoms with Crippen molar-refractivity contribution in [2.24, 2.45) is 0 Å². The predicted octanol–water partition coefficient (Wildman–Crippen LogP) is 1.61. The second-order valence-corrected chi connectivity index (χ2v) is 7.10. The highest BCUT2D eigenvalue weighted by Gasteiger charge is 2.20. The molecule has 19 heavy (non-hydrogen) atoms. The van der Waals surface area contributed by atoms with Gasteiger partial charge in [0, 0.05) is 19.5 Å². The third kappa shape index (κ3) is 4.35. The van der Waals surface area contributed by atoms with Gasteiger partial charge in [-0.25, -0.2) is 8.42 Å². The number of benzene rings is 1. The van der Waals surface area contributed by atoms with Crippen LogP contribution in [0.1, 0.15) is 24.8 Å². The minimum atomic E-state index is -3.21. The lowest BCUT2D eigenvalue weighted by molar-refractivity contribution is -0.129. The summed E-state index contributed by atoms with van der Waals surface area (Å²) in [5, 5.41) is 0. The van der Waals surface area contributed by atoms with Gasteiger partial charge >= 0.3 is 0 Å². The van der Waals surface area contributed by atoms with Gasteiger partial charge in [-0.1, -0.05) is 30.3 Å². The summed E-state index contributed by atoms with van der Waals surface area (Å²) < 4.78 is 23.9. The van der Waals surface area contributed by atoms with Gasteiger partial charge < -0.3 is 4.90 Å². The summed E-state index contributed by atoms with van der Waals surface area (Å²) in [7, 11) is -3.21. The van der Waals surface area contributed by atoms with Crippen LogP contribution in [0.25, 0.3) is 0 Å². The van der Waals surface area contributed by atoms with E-state index < -0.39 is 9.84 Å². The minimum Gasteiger partial charge on any atom is -0.343 e. The highest BCUT2D eigenvalue weighted by atomic mass is 32.2. The number of sulfone groups is 1. The molecule has 0 aliphatic carbocycles. The highest BCUT2D eigenvalue weighted by Crippen LogP contribution is 2.11. The zero-order valence-electron chi connectivity index (χ0n) is 10.9. The number of hydrogen-bond acceptors (Lipinski definition) is 3. The Bertz CT molecular complexity index is 519. The van der Waals surface area contributed by atoms with Gasteiger partial charge in [-0.2, -0.15) is 0 Å². The topological polar surface area (TPSA) is 54.5 Å². The molecular formula is C14H19NO3S. The van der Waals surface area contributed by atoms with Gasteiger partial charge in [-0.05, 0) is 18.4 Å². The second-order valence-electron chi connectivity index (χ2n) is 4.92. The summed E-state index contributed by atoms with van der Waals surface area (Å²) in [6.45, 7) is 1.55. The van der Waals surface area contributed by atoms with Crippen LogP contribution in [0.2, 0.25) is 0 Å². The van der Waals surface area contributed by atoms with Crippen LogP contribution in [0.5, 0.6) is 0 Å². The first-order chi connectivity index (χ1) is 9.07. The molecule has 0 spiro atoms. The van der Waals surface area contributed by atoms with E-state index in [-0.39, 0.29) is 23.8 Å². The first-order valence-corrected chi connectivity index (χ1v) is 8.41. The van der Waals surface area contributed by atoms with Crippen LogP contribution in [-0.2, 0) is 20.4 Å². The highest BCUT2D eigenvalue weighted by molar-refractivity contribution is 7.90. The Balaban J connectivity index is 1.85. The molecule has 0 saturated carbocycles. The van der Waals surface area contributed by atoms with E-state index in [2.05, 4.69) is 0 Å². The number of likely N-dealkylation sites (tertiary alicyclic amines) is 1. The van der Waals surface area contributed by atoms with E-state index in [1.165, 1.54) is 0 Å². The number of nitrogens with zero attached hydrogens (tertiary/aromatic N) is 1. The number of carbonyl (C=O) groups excluding carboxylic acids is 1. The number of amides is 1. The molecule has 0 atom stereocenters. The van der Waals surface area contributed by atoms with Crippen molar-refractivity contribution in [1.29, 1.82) is 0 Å². The molecule has 1 aromatic carbocycles. The van der Waals surface area contributed by atoms with E-state index in [1.807, 2.05) is 18.2 Å². The summed E-state index contributed by atoms with van der Waals surface area (Å²) >= 11 is 0. The Morgan fingerprint density at radius 3 is 2.37 bits per heavy atom. The van der Waals surface area contributed by atoms with E-state index in [4.69, 9.17) is 0 Å². The lowest BCUT2D eigenvalue weighted by Gasteiger charge is -2.14. The molecule has 4 nitrogen and oxygen atoms in total. The van der Waals surface area contributed by atoms with Crippen LogP contribution in [0.4, 0.5) is 0 Å². The average molecular weight is 281 g/mol. The normalized spacial score (nSPS) is 15.7. The van der Waals surface area contributed by atoms with E-state index >= 15 is 0 Å². The van der Waals surface area contributed by atoms with Crippen LogP contribution in [0.15, 0.2) is 30.3 Å². The summed E-state index contributed by atoms with van der Waals surface area (Å²) in [6.07, 6.45) is 2.17. The number of rotatable bonds is 5. The molecule has 0 bridgehead atoms. The fraction of sp³-hybridized carbons (Fsp3) is 0.500. The van der Waals surface area contributed by atoms with Gasteiger partial charge in [-0.15, -0.1) is 0 Å². The van der Waals surface area contributed by atoms with Gasteiger partial charge in [0.25, 0.3) is 0 Å². The fourth-order valence-corrected chi connectivity index (χ4v) is 3.60. The molecule has 104 valence electrons. The van der Waals surface area contributed by atoms with Crippen LogP contribution in [-0.4, -0.2) is 38.1 Å². The molecule has 0 N–H and O–H groups in total. The summed E-state index contributed by atoms with van der Waals surface area (Å²) in [5.74, 6) is -0.0765. The third-order valence-corrected chi connectivity index (χ3v) is 4.91. The maximum Gasteiger partial charge on any atom is 0.223 e. The van der Waals surface area contributed by atoms with Crippen molar-refractivity contribution >= 4 is 15.7 Å². The molecule has 2 rings (SSSR count). The van der Waals surface area contributed by atoms with E-state index in [0.29, 0.717) is 0 Å². The van der Waals surface area contributed by atoms with Crippen molar-refractivity contribution in [3.63, 3.8) is 0 Å². The summed E-state index contributed by atoms with van der Waals surface area (Å²) in [5.41, 5.74) is 0.774. The second kappa shape index (κ2) is 6.19. The summed E-state index contributed by atoms with van der Waals surface area (Å²) in [6, 6.07) is 9.08. The van der Waals surface area contributed by atoms with Crippen LogP contribution in [0.3, 0.4) is 0 Å². The van der Waals surface area contributed by atoms with Crippen molar-refractivity contribution < 1.29 is 13.2 Å². The van der Waals surface area contributed by atoms with Crippen molar-refractivity contribution in [2.75, 3.05) is 18.8 Å². The fourth-order valence-electron chi connectivity index (χ4n) is 2.27. The van der Waals surface area contributed by atoms with Crippen molar-refractivity contribution in [1.82, 2.24) is 4.90 Å². The molecule has 5 heteroatoms. The Morgan fingerprint density at radius 1 is 1.11 bits per heavy atom. The van der Waals surface area contributed by atoms with Crippen LogP contribution >= 0.6 is 0 Å². The van der Waals surface area contributed by atoms with Crippen LogP contribution in [0, 0.1) is 0 Å². The first-order valence-electron chi connectivity index (χ1n) is 6.59. The SMILES string of the molecule is O=C(CCS(=O)(=O)Cc1ccccc1)N1CCCC1. The molecule has 0 radical (unpaired) electrons. The van der Waals surface area contributed by atoms with Crippen LogP contribution < -0.4 is 0 Å². The molecule has 0 aromatic heterocycles. The Hall–Kier alpha value is -1.36. The van der Waals surface area contributed by atoms with Gasteiger partial charge in [0.05, 0.1) is 11.5 Å². The average Bonchev–Trinajstić information content (AvgIpc) is 2.91. The molecule has 1 saturated heterocycles. The number of carbonyl (C=O) groups is 1. The lowest BCUT2D eigenvalue weighted by Crippen LogP contribution is -2.29. The molecule has 1 fully saturated rings. The minimum absolute atomic E-state index is 0.0150. The smallest absolute Gasteiger partial charge is 0.223 e. The third-order valence-electron chi connectivity index (χ3n) is 3.32. The zero-order valence-corrected chi connectivity index (χ0v) is 11.7. The van der Waals surface area contributed by atoms with E-state index in [9.17, 15) is 13.2 Å². The van der Waals surface area contributed by atoms with Crippen molar-refractivity contribution in [3.05, 3.63) is 35.9 Å². The first kappa shape index (κ1) is 14.1. The summed E-state index contributed by atoms with van der Waals surface area (Å²) in [4.78, 5) is 13.6. The monoisotopic (exact) mass is 281 g/mol. The van der Waals surface area contributed by atoms with Crippen molar-refractivity contribution in [3.8, 4) is 0 Å². The number of hydrogen-bond donors (Lipinski definition) is 0. The van der Waals surface area contributed by atoms with Gasteiger partial charge in [0.1, 0.15) is 0 Å². The molecular weight excluding hydrogens is 262 g/mol. The van der Waals surface area contributed by atoms with Gasteiger partial charge in [0.2, 0.25) is 5.91 Å². The quantitative estimate of drug-likeness (QED) is 0.824. The van der Waals surface area contributed by atoms with E-state index in [0.717, 1.165) is 31.5 Å². The Labute approximate surface area is 114 Å². The molecule has 1 aromatic rings. The van der Waals surface area contributed by atoms with E-state index in [1.54, 1.807) is 17.0 Å².